The molecule has 0 saturated carbocycles. The highest BCUT2D eigenvalue weighted by atomic mass is 31.2. The quantitative estimate of drug-likeness (QED) is 0.229. The number of nitrogens with one attached hydrogen (secondary N) is 1. The largest absolute Gasteiger partial charge is 0.550 e. The Bertz CT molecular complexity index is 308. The van der Waals surface area contributed by atoms with Gasteiger partial charge in [0.05, 0.1) is 21.1 Å². The lowest BCUT2D eigenvalue weighted by Gasteiger charge is -2.36. The van der Waals surface area contributed by atoms with Gasteiger partial charge in [-0.3, -0.25) is 0 Å². The molecule has 1 atom stereocenters. The minimum Gasteiger partial charge on any atom is -0.550 e. The second-order valence-corrected chi connectivity index (χ2v) is 6.00. The van der Waals surface area contributed by atoms with Gasteiger partial charge in [0.2, 0.25) is 0 Å². The summed E-state index contributed by atoms with van der Waals surface area (Å²) >= 11 is 0. The lowest BCUT2D eigenvalue weighted by atomic mass is 10.1. The van der Waals surface area contributed by atoms with Crippen molar-refractivity contribution in [3.63, 3.8) is 0 Å². The van der Waals surface area contributed by atoms with Crippen LogP contribution in [0.15, 0.2) is 0 Å². The highest BCUT2D eigenvalue weighted by molar-refractivity contribution is 7.49. The Hall–Kier alpha value is -0.500. The van der Waals surface area contributed by atoms with Gasteiger partial charge in [-0.15, -0.1) is 0 Å². The molecule has 0 aliphatic carbocycles. The topological polar surface area (TPSA) is 130 Å². The molecule has 0 aliphatic heterocycles. The first kappa shape index (κ1) is 15.5. The van der Waals surface area contributed by atoms with Crippen LogP contribution in [0.1, 0.15) is 6.42 Å². The first-order valence-electron chi connectivity index (χ1n) is 4.41. The van der Waals surface area contributed by atoms with Crippen molar-refractivity contribution in [2.75, 3.05) is 27.7 Å². The number of carboxylic acid groups (broad SMARTS) is 1. The number of carbonyl (C=O) groups excluding carboxylic acids is 1. The zero-order valence-electron chi connectivity index (χ0n) is 9.38. The molecule has 4 N–H and O–H groups in total. The van der Waals surface area contributed by atoms with Gasteiger partial charge < -0.3 is 29.3 Å². The van der Waals surface area contributed by atoms with Gasteiger partial charge >= 0.3 is 7.75 Å². The van der Waals surface area contributed by atoms with Gasteiger partial charge in [0, 0.05) is 12.4 Å². The molecule has 0 aromatic heterocycles. The van der Waals surface area contributed by atoms with Crippen molar-refractivity contribution < 1.29 is 33.8 Å². The second kappa shape index (κ2) is 4.79. The maximum Gasteiger partial charge on any atom is 0.402 e. The number of carboxylic acids is 1. The van der Waals surface area contributed by atoms with Crippen LogP contribution in [0.25, 0.3) is 0 Å². The van der Waals surface area contributed by atoms with Gasteiger partial charge in [-0.1, -0.05) is 0 Å². The van der Waals surface area contributed by atoms with E-state index in [0.717, 1.165) is 0 Å². The Balaban J connectivity index is 4.89. The van der Waals surface area contributed by atoms with E-state index in [1.54, 1.807) is 26.2 Å². The molecule has 0 radical (unpaired) electrons. The molecule has 0 aliphatic rings. The van der Waals surface area contributed by atoms with Crippen LogP contribution >= 0.6 is 7.75 Å². The summed E-state index contributed by atoms with van der Waals surface area (Å²) in [6.45, 7) is -0.202. The molecular weight excluding hydrogens is 239 g/mol. The van der Waals surface area contributed by atoms with E-state index in [2.05, 4.69) is 0 Å². The molecular formula is C7H17N2O6P. The molecule has 0 bridgehead atoms. The molecule has 9 heteroatoms. The predicted molar refractivity (Wildman–Crippen MR) is 52.7 cm³/mol. The van der Waals surface area contributed by atoms with E-state index in [4.69, 9.17) is 9.79 Å². The summed E-state index contributed by atoms with van der Waals surface area (Å²) in [4.78, 5) is 27.8. The molecule has 0 unspecified atom stereocenters. The van der Waals surface area contributed by atoms with Crippen LogP contribution in [0, 0.1) is 0 Å². The molecule has 16 heavy (non-hydrogen) atoms. The van der Waals surface area contributed by atoms with Crippen molar-refractivity contribution in [2.45, 2.75) is 12.1 Å². The van der Waals surface area contributed by atoms with E-state index in [9.17, 15) is 19.6 Å². The number of hydrogen-bond donors (Lipinski definition) is 4. The lowest BCUT2D eigenvalue weighted by Crippen LogP contribution is -2.58. The van der Waals surface area contributed by atoms with Gasteiger partial charge in [0.25, 0.3) is 0 Å². The highest BCUT2D eigenvalue weighted by Gasteiger charge is 2.38. The fraction of sp³-hybridized carbons (Fsp3) is 0.857. The molecule has 0 aromatic carbocycles. The zero-order chi connectivity index (χ0) is 13.2. The Morgan fingerprint density at radius 2 is 1.88 bits per heavy atom. The summed E-state index contributed by atoms with van der Waals surface area (Å²) in [5, 5.41) is 21.8. The Morgan fingerprint density at radius 1 is 1.44 bits per heavy atom. The van der Waals surface area contributed by atoms with Crippen LogP contribution in [-0.2, 0) is 9.36 Å². The number of nitrogens with zero attached hydrogens (tertiary/aromatic N) is 1. The molecule has 0 aromatic rings. The number of aliphatic carboxylic acids is 1. The lowest BCUT2D eigenvalue weighted by molar-refractivity contribution is -0.877. The van der Waals surface area contributed by atoms with Crippen molar-refractivity contribution in [3.05, 3.63) is 0 Å². The number of quaternary nitrogens is 1. The summed E-state index contributed by atoms with van der Waals surface area (Å²) in [5.41, 5.74) is -2.21. The first-order chi connectivity index (χ1) is 6.83. The summed E-state index contributed by atoms with van der Waals surface area (Å²) < 4.78 is 10.8. The molecule has 8 nitrogen and oxygen atoms in total. The summed E-state index contributed by atoms with van der Waals surface area (Å²) in [6, 6.07) is 0. The summed E-state index contributed by atoms with van der Waals surface area (Å²) in [7, 11) is 0.191. The molecule has 0 fully saturated rings. The highest BCUT2D eigenvalue weighted by Crippen LogP contribution is 2.33. The van der Waals surface area contributed by atoms with Crippen LogP contribution in [-0.4, -0.2) is 58.8 Å². The van der Waals surface area contributed by atoms with E-state index >= 15 is 0 Å². The van der Waals surface area contributed by atoms with Crippen LogP contribution in [0.5, 0.6) is 0 Å². The Labute approximate surface area is 93.3 Å². The third kappa shape index (κ3) is 7.75. The zero-order valence-corrected chi connectivity index (χ0v) is 10.3. The molecule has 0 saturated heterocycles. The smallest absolute Gasteiger partial charge is 0.402 e. The first-order valence-corrected chi connectivity index (χ1v) is 6.02. The minimum absolute atomic E-state index is 0.122. The van der Waals surface area contributed by atoms with Crippen LogP contribution in [0.2, 0.25) is 0 Å². The average Bonchev–Trinajstić information content (AvgIpc) is 1.69. The van der Waals surface area contributed by atoms with Crippen LogP contribution in [0.3, 0.4) is 0 Å². The van der Waals surface area contributed by atoms with Crippen molar-refractivity contribution in [2.24, 2.45) is 0 Å². The van der Waals surface area contributed by atoms with E-state index < -0.39 is 25.9 Å². The number of aliphatic hydroxyl groups is 1. The average molecular weight is 256 g/mol. The van der Waals surface area contributed by atoms with Crippen molar-refractivity contribution in [3.8, 4) is 0 Å². The second-order valence-electron chi connectivity index (χ2n) is 4.68. The van der Waals surface area contributed by atoms with E-state index in [-0.39, 0.29) is 11.0 Å². The van der Waals surface area contributed by atoms with Crippen molar-refractivity contribution >= 4 is 13.7 Å². The molecule has 0 rings (SSSR count). The number of likely N-dealkylation sites (N-methyl/N-ethyl adjacent to an activating group) is 1. The molecule has 96 valence electrons. The molecule has 0 spiro atoms. The SMILES string of the molecule is C[N+](C)(C)C[C@](O)(CC(=O)[O-])NP(=O)(O)O. The number of hydrogen-bond acceptors (Lipinski definition) is 4. The summed E-state index contributed by atoms with van der Waals surface area (Å²) in [6.07, 6.45) is -0.909. The maximum atomic E-state index is 10.7. The van der Waals surface area contributed by atoms with Crippen molar-refractivity contribution in [1.82, 2.24) is 5.09 Å². The molecule has 0 amide bonds. The van der Waals surface area contributed by atoms with Crippen LogP contribution in [0.4, 0.5) is 0 Å². The Morgan fingerprint density at radius 3 is 2.12 bits per heavy atom. The summed E-state index contributed by atoms with van der Waals surface area (Å²) in [5.74, 6) is -1.60. The van der Waals surface area contributed by atoms with Gasteiger partial charge in [-0.05, 0) is 0 Å². The molecule has 0 heterocycles. The van der Waals surface area contributed by atoms with Crippen molar-refractivity contribution in [1.29, 1.82) is 0 Å². The standard InChI is InChI=1S/C7H17N2O6P/c1-9(2,3)5-7(12,4-6(10)11)8-16(13,14)15/h12H,4-5H2,1-3H3,(H3-,8,10,11,13,14,15)/t7-/m1/s1. The maximum absolute atomic E-state index is 10.7. The Kier molecular flexibility index (Phi) is 4.64. The number of rotatable bonds is 6. The van der Waals surface area contributed by atoms with Crippen LogP contribution < -0.4 is 10.2 Å². The van der Waals surface area contributed by atoms with E-state index in [1.165, 1.54) is 0 Å². The van der Waals surface area contributed by atoms with Gasteiger partial charge in [-0.2, -0.15) is 5.09 Å². The number of carbonyl (C=O) groups is 1. The van der Waals surface area contributed by atoms with Gasteiger partial charge in [0.1, 0.15) is 6.54 Å². The fourth-order valence-electron chi connectivity index (χ4n) is 1.43. The third-order valence-electron chi connectivity index (χ3n) is 1.53. The van der Waals surface area contributed by atoms with Gasteiger partial charge in [-0.25, -0.2) is 4.57 Å². The fourth-order valence-corrected chi connectivity index (χ4v) is 2.12. The normalized spacial score (nSPS) is 16.9. The monoisotopic (exact) mass is 256 g/mol. The third-order valence-corrected chi connectivity index (χ3v) is 2.23. The van der Waals surface area contributed by atoms with E-state index in [1.807, 2.05) is 0 Å². The van der Waals surface area contributed by atoms with E-state index in [0.29, 0.717) is 0 Å². The van der Waals surface area contributed by atoms with Gasteiger partial charge in [0.15, 0.2) is 5.72 Å². The predicted octanol–water partition coefficient (Wildman–Crippen LogP) is -2.80. The minimum atomic E-state index is -4.73.